The molecular weight excluding hydrogens is 258 g/mol. The van der Waals surface area contributed by atoms with E-state index in [9.17, 15) is 0 Å². The van der Waals surface area contributed by atoms with Crippen LogP contribution in [0.5, 0.6) is 5.75 Å². The van der Waals surface area contributed by atoms with Crippen LogP contribution in [0.25, 0.3) is 0 Å². The topological polar surface area (TPSA) is 22.1 Å². The fourth-order valence-corrected chi connectivity index (χ4v) is 2.22. The average Bonchev–Trinajstić information content (AvgIpc) is 2.46. The van der Waals surface area contributed by atoms with Crippen molar-refractivity contribution >= 4 is 11.6 Å². The molecule has 0 saturated heterocycles. The first-order chi connectivity index (χ1) is 9.29. The van der Waals surface area contributed by atoms with Gasteiger partial charge in [-0.3, -0.25) is 4.98 Å². The zero-order valence-electron chi connectivity index (χ0n) is 11.1. The Balaban J connectivity index is 1.93. The number of nitrogens with zero attached hydrogens (tertiary/aromatic N) is 1. The Morgan fingerprint density at radius 2 is 2.00 bits per heavy atom. The summed E-state index contributed by atoms with van der Waals surface area (Å²) in [4.78, 5) is 4.19. The van der Waals surface area contributed by atoms with Gasteiger partial charge in [0.05, 0.1) is 18.2 Å². The Bertz CT molecular complexity index is 501. The van der Waals surface area contributed by atoms with Crippen molar-refractivity contribution in [3.05, 3.63) is 59.9 Å². The van der Waals surface area contributed by atoms with Crippen LogP contribution in [0.1, 0.15) is 29.8 Å². The minimum Gasteiger partial charge on any atom is -0.492 e. The largest absolute Gasteiger partial charge is 0.492 e. The molecule has 100 valence electrons. The summed E-state index contributed by atoms with van der Waals surface area (Å²) >= 11 is 6.41. The molecule has 1 atom stereocenters. The number of aromatic nitrogens is 1. The summed E-state index contributed by atoms with van der Waals surface area (Å²) in [6.45, 7) is 2.63. The predicted octanol–water partition coefficient (Wildman–Crippen LogP) is 4.39. The number of alkyl halides is 1. The highest BCUT2D eigenvalue weighted by atomic mass is 35.5. The maximum atomic E-state index is 6.41. The molecule has 0 saturated carbocycles. The SMILES string of the molecule is CCOc1cncc(CCC(Cl)c2ccccc2)c1. The fourth-order valence-electron chi connectivity index (χ4n) is 1.97. The third-order valence-corrected chi connectivity index (χ3v) is 3.40. The molecule has 0 fully saturated rings. The van der Waals surface area contributed by atoms with Gasteiger partial charge in [0.1, 0.15) is 5.75 Å². The summed E-state index contributed by atoms with van der Waals surface area (Å²) in [5.74, 6) is 0.825. The Morgan fingerprint density at radius 1 is 1.21 bits per heavy atom. The van der Waals surface area contributed by atoms with E-state index in [1.165, 1.54) is 0 Å². The lowest BCUT2D eigenvalue weighted by molar-refractivity contribution is 0.338. The van der Waals surface area contributed by atoms with Gasteiger partial charge in [-0.2, -0.15) is 0 Å². The van der Waals surface area contributed by atoms with E-state index in [4.69, 9.17) is 16.3 Å². The van der Waals surface area contributed by atoms with Gasteiger partial charge in [-0.15, -0.1) is 11.6 Å². The van der Waals surface area contributed by atoms with Gasteiger partial charge in [-0.1, -0.05) is 30.3 Å². The van der Waals surface area contributed by atoms with E-state index in [2.05, 4.69) is 17.1 Å². The second kappa shape index (κ2) is 7.15. The van der Waals surface area contributed by atoms with Gasteiger partial charge in [0.2, 0.25) is 0 Å². The van der Waals surface area contributed by atoms with E-state index in [1.54, 1.807) is 6.20 Å². The van der Waals surface area contributed by atoms with E-state index in [0.29, 0.717) is 6.61 Å². The van der Waals surface area contributed by atoms with Crippen LogP contribution in [0.15, 0.2) is 48.8 Å². The summed E-state index contributed by atoms with van der Waals surface area (Å²) in [5.41, 5.74) is 2.32. The standard InChI is InChI=1S/C16H18ClNO/c1-2-19-15-10-13(11-18-12-15)8-9-16(17)14-6-4-3-5-7-14/h3-7,10-12,16H,2,8-9H2,1H3. The highest BCUT2D eigenvalue weighted by Gasteiger charge is 2.08. The van der Waals surface area contributed by atoms with E-state index < -0.39 is 0 Å². The maximum absolute atomic E-state index is 6.41. The molecule has 0 aliphatic rings. The molecule has 2 rings (SSSR count). The van der Waals surface area contributed by atoms with Gasteiger partial charge in [0.15, 0.2) is 0 Å². The smallest absolute Gasteiger partial charge is 0.137 e. The molecule has 0 spiro atoms. The zero-order chi connectivity index (χ0) is 13.5. The minimum atomic E-state index is 0.0388. The third-order valence-electron chi connectivity index (χ3n) is 2.93. The highest BCUT2D eigenvalue weighted by molar-refractivity contribution is 6.20. The van der Waals surface area contributed by atoms with Crippen LogP contribution in [0.4, 0.5) is 0 Å². The number of aryl methyl sites for hydroxylation is 1. The number of pyridine rings is 1. The van der Waals surface area contributed by atoms with E-state index in [0.717, 1.165) is 29.7 Å². The van der Waals surface area contributed by atoms with E-state index in [-0.39, 0.29) is 5.38 Å². The molecule has 0 radical (unpaired) electrons. The van der Waals surface area contributed by atoms with Gasteiger partial charge >= 0.3 is 0 Å². The quantitative estimate of drug-likeness (QED) is 0.729. The lowest BCUT2D eigenvalue weighted by Gasteiger charge is -2.10. The number of ether oxygens (including phenoxy) is 1. The average molecular weight is 276 g/mol. The van der Waals surface area contributed by atoms with Crippen LogP contribution in [-0.2, 0) is 6.42 Å². The molecule has 0 N–H and O–H groups in total. The molecule has 0 bridgehead atoms. The monoisotopic (exact) mass is 275 g/mol. The molecule has 2 nitrogen and oxygen atoms in total. The summed E-state index contributed by atoms with van der Waals surface area (Å²) in [6.07, 6.45) is 5.40. The van der Waals surface area contributed by atoms with Gasteiger partial charge in [-0.25, -0.2) is 0 Å². The second-order valence-electron chi connectivity index (χ2n) is 4.38. The van der Waals surface area contributed by atoms with Crippen molar-refractivity contribution in [1.82, 2.24) is 4.98 Å². The predicted molar refractivity (Wildman–Crippen MR) is 78.8 cm³/mol. The maximum Gasteiger partial charge on any atom is 0.137 e. The van der Waals surface area contributed by atoms with E-state index >= 15 is 0 Å². The van der Waals surface area contributed by atoms with Crippen LogP contribution in [0.2, 0.25) is 0 Å². The Morgan fingerprint density at radius 3 is 2.74 bits per heavy atom. The number of benzene rings is 1. The molecule has 1 heterocycles. The third kappa shape index (κ3) is 4.25. The minimum absolute atomic E-state index is 0.0388. The summed E-state index contributed by atoms with van der Waals surface area (Å²) < 4.78 is 5.44. The molecular formula is C16H18ClNO. The van der Waals surface area contributed by atoms with Crippen molar-refractivity contribution in [1.29, 1.82) is 0 Å². The number of rotatable bonds is 6. The molecule has 2 aromatic rings. The van der Waals surface area contributed by atoms with Crippen LogP contribution in [0.3, 0.4) is 0 Å². The first-order valence-electron chi connectivity index (χ1n) is 6.55. The number of hydrogen-bond donors (Lipinski definition) is 0. The molecule has 0 aliphatic carbocycles. The van der Waals surface area contributed by atoms with Gasteiger partial charge in [0, 0.05) is 6.20 Å². The fraction of sp³-hybridized carbons (Fsp3) is 0.312. The molecule has 1 aromatic carbocycles. The van der Waals surface area contributed by atoms with Crippen molar-refractivity contribution < 1.29 is 4.74 Å². The summed E-state index contributed by atoms with van der Waals surface area (Å²) in [6, 6.07) is 12.2. The van der Waals surface area contributed by atoms with Crippen molar-refractivity contribution in [2.24, 2.45) is 0 Å². The Labute approximate surface area is 119 Å². The van der Waals surface area contributed by atoms with Gasteiger partial charge in [0.25, 0.3) is 0 Å². The summed E-state index contributed by atoms with van der Waals surface area (Å²) in [5, 5.41) is 0.0388. The van der Waals surface area contributed by atoms with Gasteiger partial charge in [-0.05, 0) is 37.0 Å². The van der Waals surface area contributed by atoms with Crippen molar-refractivity contribution in [3.63, 3.8) is 0 Å². The molecule has 3 heteroatoms. The summed E-state index contributed by atoms with van der Waals surface area (Å²) in [7, 11) is 0. The second-order valence-corrected chi connectivity index (χ2v) is 4.91. The molecule has 0 aliphatic heterocycles. The van der Waals surface area contributed by atoms with E-state index in [1.807, 2.05) is 37.4 Å². The van der Waals surface area contributed by atoms with Crippen LogP contribution >= 0.6 is 11.6 Å². The lowest BCUT2D eigenvalue weighted by Crippen LogP contribution is -1.97. The highest BCUT2D eigenvalue weighted by Crippen LogP contribution is 2.26. The molecule has 0 amide bonds. The van der Waals surface area contributed by atoms with Crippen LogP contribution < -0.4 is 4.74 Å². The number of hydrogen-bond acceptors (Lipinski definition) is 2. The Hall–Kier alpha value is -1.54. The molecule has 19 heavy (non-hydrogen) atoms. The zero-order valence-corrected chi connectivity index (χ0v) is 11.8. The lowest BCUT2D eigenvalue weighted by atomic mass is 10.0. The van der Waals surface area contributed by atoms with Crippen LogP contribution in [-0.4, -0.2) is 11.6 Å². The number of halogens is 1. The molecule has 1 unspecified atom stereocenters. The molecule has 1 aromatic heterocycles. The first-order valence-corrected chi connectivity index (χ1v) is 6.99. The van der Waals surface area contributed by atoms with Crippen molar-refractivity contribution in [2.75, 3.05) is 6.61 Å². The Kier molecular flexibility index (Phi) is 5.22. The first kappa shape index (κ1) is 13.9. The normalized spacial score (nSPS) is 12.1. The van der Waals surface area contributed by atoms with Crippen LogP contribution in [0, 0.1) is 0 Å². The van der Waals surface area contributed by atoms with Crippen molar-refractivity contribution in [2.45, 2.75) is 25.1 Å². The van der Waals surface area contributed by atoms with Gasteiger partial charge < -0.3 is 4.74 Å². The van der Waals surface area contributed by atoms with Crippen molar-refractivity contribution in [3.8, 4) is 5.75 Å².